The maximum absolute atomic E-state index is 14.3. The van der Waals surface area contributed by atoms with Crippen molar-refractivity contribution in [3.63, 3.8) is 0 Å². The van der Waals surface area contributed by atoms with Gasteiger partial charge in [0, 0.05) is 19.3 Å². The fourth-order valence-electron chi connectivity index (χ4n) is 1.89. The van der Waals surface area contributed by atoms with Crippen molar-refractivity contribution >= 4 is 17.7 Å². The summed E-state index contributed by atoms with van der Waals surface area (Å²) in [6, 6.07) is 2.39. The van der Waals surface area contributed by atoms with E-state index in [-0.39, 0.29) is 11.6 Å². The van der Waals surface area contributed by atoms with E-state index in [0.717, 1.165) is 6.07 Å². The van der Waals surface area contributed by atoms with E-state index in [2.05, 4.69) is 5.32 Å². The number of halogens is 1. The molecule has 6 heteroatoms. The summed E-state index contributed by atoms with van der Waals surface area (Å²) in [6.45, 7) is 9.03. The number of nitrogens with one attached hydrogen (secondary N) is 1. The van der Waals surface area contributed by atoms with Gasteiger partial charge in [0.15, 0.2) is 0 Å². The molecule has 0 fully saturated rings. The first-order valence-electron chi connectivity index (χ1n) is 7.12. The number of rotatable bonds is 3. The quantitative estimate of drug-likeness (QED) is 0.872. The van der Waals surface area contributed by atoms with Crippen LogP contribution >= 0.6 is 0 Å². The van der Waals surface area contributed by atoms with Crippen molar-refractivity contribution in [1.82, 2.24) is 5.32 Å². The summed E-state index contributed by atoms with van der Waals surface area (Å²) < 4.78 is 19.5. The molecule has 0 atom stereocenters. The number of anilines is 1. The number of amides is 2. The topological polar surface area (TPSA) is 58.6 Å². The molecule has 0 bridgehead atoms. The Bertz CT molecular complexity index is 556. The third kappa shape index (κ3) is 4.44. The molecule has 22 heavy (non-hydrogen) atoms. The lowest BCUT2D eigenvalue weighted by atomic mass is 10.1. The molecule has 0 aliphatic rings. The smallest absolute Gasteiger partial charge is 0.341 e. The van der Waals surface area contributed by atoms with Crippen molar-refractivity contribution in [3.05, 3.63) is 29.1 Å². The molecule has 1 rings (SSSR count). The van der Waals surface area contributed by atoms with Crippen molar-refractivity contribution in [1.29, 1.82) is 0 Å². The highest BCUT2D eigenvalue weighted by Gasteiger charge is 2.24. The van der Waals surface area contributed by atoms with Gasteiger partial charge in [0.25, 0.3) is 0 Å². The molecule has 0 aliphatic heterocycles. The number of ether oxygens (including phenoxy) is 1. The van der Waals surface area contributed by atoms with Crippen molar-refractivity contribution in [2.24, 2.45) is 0 Å². The molecule has 122 valence electrons. The maximum atomic E-state index is 14.3. The first kappa shape index (κ1) is 17.9. The fraction of sp³-hybridized carbons (Fsp3) is 0.500. The van der Waals surface area contributed by atoms with Crippen LogP contribution in [0.4, 0.5) is 14.9 Å². The lowest BCUT2D eigenvalue weighted by Gasteiger charge is -2.22. The van der Waals surface area contributed by atoms with Crippen molar-refractivity contribution in [3.8, 4) is 0 Å². The summed E-state index contributed by atoms with van der Waals surface area (Å²) in [4.78, 5) is 25.1. The molecule has 0 unspecified atom stereocenters. The van der Waals surface area contributed by atoms with Gasteiger partial charge in [0.2, 0.25) is 0 Å². The van der Waals surface area contributed by atoms with Gasteiger partial charge in [-0.05, 0) is 52.3 Å². The standard InChI is InChI=1S/C16H23FN2O3/c1-7-18-15(21)19(6)11-8-10(2)13(12(17)9-11)14(20)22-16(3,4)5/h8-9H,7H2,1-6H3,(H,18,21). The van der Waals surface area contributed by atoms with Gasteiger partial charge in [-0.1, -0.05) is 0 Å². The lowest BCUT2D eigenvalue weighted by molar-refractivity contribution is 0.00639. The highest BCUT2D eigenvalue weighted by atomic mass is 19.1. The van der Waals surface area contributed by atoms with Gasteiger partial charge < -0.3 is 10.1 Å². The second-order valence-corrected chi connectivity index (χ2v) is 6.02. The minimum absolute atomic E-state index is 0.108. The molecule has 0 aliphatic carbocycles. The molecular formula is C16H23FN2O3. The van der Waals surface area contributed by atoms with Crippen LogP contribution in [-0.4, -0.2) is 31.2 Å². The second-order valence-electron chi connectivity index (χ2n) is 6.02. The number of aryl methyl sites for hydroxylation is 1. The van der Waals surface area contributed by atoms with E-state index in [9.17, 15) is 14.0 Å². The van der Waals surface area contributed by atoms with E-state index < -0.39 is 17.4 Å². The molecule has 0 aromatic heterocycles. The van der Waals surface area contributed by atoms with Crippen molar-refractivity contribution < 1.29 is 18.7 Å². The number of carbonyl (C=O) groups excluding carboxylic acids is 2. The Morgan fingerprint density at radius 1 is 1.32 bits per heavy atom. The van der Waals surface area contributed by atoms with Gasteiger partial charge in [-0.3, -0.25) is 4.90 Å². The maximum Gasteiger partial charge on any atom is 0.341 e. The summed E-state index contributed by atoms with van der Waals surface area (Å²) >= 11 is 0. The van der Waals surface area contributed by atoms with Gasteiger partial charge in [-0.2, -0.15) is 0 Å². The third-order valence-corrected chi connectivity index (χ3v) is 2.90. The van der Waals surface area contributed by atoms with E-state index >= 15 is 0 Å². The summed E-state index contributed by atoms with van der Waals surface area (Å²) in [7, 11) is 1.53. The predicted molar refractivity (Wildman–Crippen MR) is 83.8 cm³/mol. The Balaban J connectivity index is 3.12. The van der Waals surface area contributed by atoms with Crippen LogP contribution in [0.3, 0.4) is 0 Å². The first-order valence-corrected chi connectivity index (χ1v) is 7.12. The van der Waals surface area contributed by atoms with E-state index in [1.165, 1.54) is 11.9 Å². The lowest BCUT2D eigenvalue weighted by Crippen LogP contribution is -2.37. The average Bonchev–Trinajstić information content (AvgIpc) is 2.34. The van der Waals surface area contributed by atoms with Gasteiger partial charge >= 0.3 is 12.0 Å². The second kappa shape index (κ2) is 6.77. The van der Waals surface area contributed by atoms with Crippen LogP contribution in [0.2, 0.25) is 0 Å². The monoisotopic (exact) mass is 310 g/mol. The molecular weight excluding hydrogens is 287 g/mol. The van der Waals surface area contributed by atoms with Crippen molar-refractivity contribution in [2.45, 2.75) is 40.2 Å². The number of esters is 1. The Morgan fingerprint density at radius 2 is 1.91 bits per heavy atom. The van der Waals surface area contributed by atoms with Crippen LogP contribution in [0.15, 0.2) is 12.1 Å². The zero-order chi connectivity index (χ0) is 17.1. The van der Waals surface area contributed by atoms with Crippen molar-refractivity contribution in [2.75, 3.05) is 18.5 Å². The summed E-state index contributed by atoms with van der Waals surface area (Å²) in [5.74, 6) is -1.42. The Morgan fingerprint density at radius 3 is 2.36 bits per heavy atom. The number of hydrogen-bond donors (Lipinski definition) is 1. The molecule has 0 heterocycles. The fourth-order valence-corrected chi connectivity index (χ4v) is 1.89. The third-order valence-electron chi connectivity index (χ3n) is 2.90. The number of carbonyl (C=O) groups is 2. The zero-order valence-electron chi connectivity index (χ0n) is 13.9. The molecule has 1 aromatic carbocycles. The van der Waals surface area contributed by atoms with E-state index in [0.29, 0.717) is 17.8 Å². The van der Waals surface area contributed by atoms with E-state index in [4.69, 9.17) is 4.74 Å². The van der Waals surface area contributed by atoms with Crippen LogP contribution < -0.4 is 10.2 Å². The number of benzene rings is 1. The molecule has 0 radical (unpaired) electrons. The number of urea groups is 1. The largest absolute Gasteiger partial charge is 0.456 e. The molecule has 1 N–H and O–H groups in total. The molecule has 5 nitrogen and oxygen atoms in total. The zero-order valence-corrected chi connectivity index (χ0v) is 13.9. The number of nitrogens with zero attached hydrogens (tertiary/aromatic N) is 1. The number of hydrogen-bond acceptors (Lipinski definition) is 3. The molecule has 0 saturated heterocycles. The first-order chi connectivity index (χ1) is 10.1. The summed E-state index contributed by atoms with van der Waals surface area (Å²) in [5.41, 5.74) is -0.0245. The van der Waals surface area contributed by atoms with Gasteiger partial charge in [0.05, 0.1) is 5.56 Å². The Hall–Kier alpha value is -2.11. The van der Waals surface area contributed by atoms with Crippen LogP contribution in [0.5, 0.6) is 0 Å². The van der Waals surface area contributed by atoms with Crippen LogP contribution in [0, 0.1) is 12.7 Å². The highest BCUT2D eigenvalue weighted by molar-refractivity contribution is 5.95. The van der Waals surface area contributed by atoms with Gasteiger partial charge in [-0.25, -0.2) is 14.0 Å². The Kier molecular flexibility index (Phi) is 5.52. The predicted octanol–water partition coefficient (Wildman–Crippen LogP) is 3.26. The molecule has 2 amide bonds. The van der Waals surface area contributed by atoms with Crippen LogP contribution in [0.25, 0.3) is 0 Å². The highest BCUT2D eigenvalue weighted by Crippen LogP contribution is 2.24. The van der Waals surface area contributed by atoms with Crippen LogP contribution in [0.1, 0.15) is 43.6 Å². The van der Waals surface area contributed by atoms with Gasteiger partial charge in [-0.15, -0.1) is 0 Å². The van der Waals surface area contributed by atoms with E-state index in [1.54, 1.807) is 40.7 Å². The van der Waals surface area contributed by atoms with Crippen LogP contribution in [-0.2, 0) is 4.74 Å². The SMILES string of the molecule is CCNC(=O)N(C)c1cc(C)c(C(=O)OC(C)(C)C)c(F)c1. The minimum atomic E-state index is -0.713. The molecule has 0 saturated carbocycles. The molecule has 0 spiro atoms. The normalized spacial score (nSPS) is 11.0. The van der Waals surface area contributed by atoms with Gasteiger partial charge in [0.1, 0.15) is 11.4 Å². The summed E-state index contributed by atoms with van der Waals surface area (Å²) in [6.07, 6.45) is 0. The van der Waals surface area contributed by atoms with E-state index in [1.807, 2.05) is 0 Å². The Labute approximate surface area is 130 Å². The minimum Gasteiger partial charge on any atom is -0.456 e. The molecule has 1 aromatic rings. The summed E-state index contributed by atoms with van der Waals surface area (Å²) in [5, 5.41) is 2.62. The average molecular weight is 310 g/mol.